The third-order valence-electron chi connectivity index (χ3n) is 1.19. The van der Waals surface area contributed by atoms with E-state index in [0.717, 1.165) is 4.90 Å². The Morgan fingerprint density at radius 2 is 1.90 bits per heavy atom. The summed E-state index contributed by atoms with van der Waals surface area (Å²) in [5.41, 5.74) is 4.89. The molecule has 1 aliphatic heterocycles. The van der Waals surface area contributed by atoms with E-state index in [9.17, 15) is 8.78 Å². The zero-order valence-electron chi connectivity index (χ0n) is 5.10. The van der Waals surface area contributed by atoms with Crippen molar-refractivity contribution in [1.29, 1.82) is 5.41 Å². The van der Waals surface area contributed by atoms with Crippen LogP contribution >= 0.6 is 12.4 Å². The molecule has 0 aliphatic carbocycles. The quantitative estimate of drug-likeness (QED) is 0.406. The number of alkyl halides is 2. The van der Waals surface area contributed by atoms with Gasteiger partial charge in [0, 0.05) is 0 Å². The number of nitrogens with zero attached hydrogens (tertiary/aromatic N) is 1. The largest absolute Gasteiger partial charge is 0.370 e. The molecular formula is C4H8ClF2N3. The van der Waals surface area contributed by atoms with Crippen molar-refractivity contribution in [3.63, 3.8) is 0 Å². The fraction of sp³-hybridized carbons (Fsp3) is 0.750. The van der Waals surface area contributed by atoms with Crippen LogP contribution in [-0.4, -0.2) is 29.9 Å². The fourth-order valence-corrected chi connectivity index (χ4v) is 0.683. The average Bonchev–Trinajstić information content (AvgIpc) is 1.59. The highest BCUT2D eigenvalue weighted by molar-refractivity contribution is 5.85. The summed E-state index contributed by atoms with van der Waals surface area (Å²) in [6.07, 6.45) is 0. The Bertz CT molecular complexity index is 141. The molecule has 0 aromatic heterocycles. The Balaban J connectivity index is 0.000000810. The van der Waals surface area contributed by atoms with Gasteiger partial charge in [-0.2, -0.15) is 0 Å². The van der Waals surface area contributed by atoms with Gasteiger partial charge in [-0.3, -0.25) is 5.41 Å². The predicted molar refractivity (Wildman–Crippen MR) is 35.7 cm³/mol. The highest BCUT2D eigenvalue weighted by Crippen LogP contribution is 2.25. The third kappa shape index (κ3) is 1.70. The number of likely N-dealkylation sites (tertiary alicyclic amines) is 1. The van der Waals surface area contributed by atoms with Gasteiger partial charge in [-0.05, 0) is 0 Å². The normalized spacial score (nSPS) is 20.8. The van der Waals surface area contributed by atoms with E-state index in [1.165, 1.54) is 0 Å². The SMILES string of the molecule is Cl.N=C(N)N1CC(F)(F)C1. The molecule has 0 radical (unpaired) electrons. The average molecular weight is 172 g/mol. The first-order chi connectivity index (χ1) is 4.01. The van der Waals surface area contributed by atoms with Gasteiger partial charge in [0.2, 0.25) is 0 Å². The molecule has 1 heterocycles. The monoisotopic (exact) mass is 171 g/mol. The summed E-state index contributed by atoms with van der Waals surface area (Å²) in [5, 5.41) is 6.70. The summed E-state index contributed by atoms with van der Waals surface area (Å²) in [6, 6.07) is 0. The lowest BCUT2D eigenvalue weighted by molar-refractivity contribution is -0.102. The van der Waals surface area contributed by atoms with Crippen molar-refractivity contribution < 1.29 is 8.78 Å². The third-order valence-corrected chi connectivity index (χ3v) is 1.19. The van der Waals surface area contributed by atoms with Crippen LogP contribution in [0.4, 0.5) is 8.78 Å². The van der Waals surface area contributed by atoms with E-state index in [1.54, 1.807) is 0 Å². The van der Waals surface area contributed by atoms with Crippen molar-refractivity contribution in [3.05, 3.63) is 0 Å². The van der Waals surface area contributed by atoms with Crippen LogP contribution in [0, 0.1) is 5.41 Å². The summed E-state index contributed by atoms with van der Waals surface area (Å²) in [5.74, 6) is -2.90. The Kier molecular flexibility index (Phi) is 2.42. The van der Waals surface area contributed by atoms with Gasteiger partial charge >= 0.3 is 0 Å². The molecule has 0 unspecified atom stereocenters. The minimum atomic E-state index is -2.62. The molecule has 1 saturated heterocycles. The van der Waals surface area contributed by atoms with Gasteiger partial charge in [-0.1, -0.05) is 0 Å². The first kappa shape index (κ1) is 9.42. The van der Waals surface area contributed by atoms with E-state index in [4.69, 9.17) is 11.1 Å². The lowest BCUT2D eigenvalue weighted by atomic mass is 10.2. The molecule has 60 valence electrons. The van der Waals surface area contributed by atoms with Gasteiger partial charge in [0.25, 0.3) is 5.92 Å². The molecule has 0 aromatic rings. The molecule has 0 saturated carbocycles. The van der Waals surface area contributed by atoms with Gasteiger partial charge in [0.15, 0.2) is 5.96 Å². The van der Waals surface area contributed by atoms with E-state index in [-0.39, 0.29) is 18.4 Å². The maximum atomic E-state index is 12.0. The first-order valence-corrected chi connectivity index (χ1v) is 2.48. The summed E-state index contributed by atoms with van der Waals surface area (Å²) in [6.45, 7) is -0.801. The summed E-state index contributed by atoms with van der Waals surface area (Å²) >= 11 is 0. The standard InChI is InChI=1S/C4H7F2N3.ClH/c5-4(6)1-9(2-4)3(7)8;/h1-2H2,(H3,7,8);1H. The minimum Gasteiger partial charge on any atom is -0.370 e. The van der Waals surface area contributed by atoms with Crippen LogP contribution in [0.15, 0.2) is 0 Å². The highest BCUT2D eigenvalue weighted by atomic mass is 35.5. The number of hydrogen-bond acceptors (Lipinski definition) is 1. The molecule has 1 aliphatic rings. The van der Waals surface area contributed by atoms with Crippen molar-refractivity contribution in [2.45, 2.75) is 5.92 Å². The van der Waals surface area contributed by atoms with Gasteiger partial charge in [0.05, 0.1) is 13.1 Å². The Hall–Kier alpha value is -0.580. The second-order valence-electron chi connectivity index (χ2n) is 2.10. The van der Waals surface area contributed by atoms with Crippen LogP contribution < -0.4 is 5.73 Å². The molecule has 0 atom stereocenters. The zero-order chi connectivity index (χ0) is 7.07. The van der Waals surface area contributed by atoms with E-state index in [0.29, 0.717) is 0 Å². The molecule has 0 aromatic carbocycles. The van der Waals surface area contributed by atoms with Crippen LogP contribution in [0.25, 0.3) is 0 Å². The van der Waals surface area contributed by atoms with Crippen molar-refractivity contribution in [3.8, 4) is 0 Å². The van der Waals surface area contributed by atoms with E-state index in [1.807, 2.05) is 0 Å². The van der Waals surface area contributed by atoms with Crippen LogP contribution in [0.1, 0.15) is 0 Å². The topological polar surface area (TPSA) is 53.1 Å². The lowest BCUT2D eigenvalue weighted by Gasteiger charge is -2.38. The molecular weight excluding hydrogens is 164 g/mol. The number of guanidine groups is 1. The Labute approximate surface area is 63.1 Å². The fourth-order valence-electron chi connectivity index (χ4n) is 0.683. The molecule has 10 heavy (non-hydrogen) atoms. The number of halogens is 3. The highest BCUT2D eigenvalue weighted by Gasteiger charge is 2.44. The van der Waals surface area contributed by atoms with Crippen LogP contribution in [0.2, 0.25) is 0 Å². The summed E-state index contributed by atoms with van der Waals surface area (Å²) in [7, 11) is 0. The first-order valence-electron chi connectivity index (χ1n) is 2.48. The van der Waals surface area contributed by atoms with Gasteiger partial charge < -0.3 is 10.6 Å². The molecule has 0 spiro atoms. The van der Waals surface area contributed by atoms with Crippen molar-refractivity contribution in [1.82, 2.24) is 4.90 Å². The molecule has 3 nitrogen and oxygen atoms in total. The van der Waals surface area contributed by atoms with Crippen molar-refractivity contribution in [2.24, 2.45) is 5.73 Å². The van der Waals surface area contributed by atoms with Gasteiger partial charge in [0.1, 0.15) is 0 Å². The van der Waals surface area contributed by atoms with Crippen molar-refractivity contribution >= 4 is 18.4 Å². The second-order valence-corrected chi connectivity index (χ2v) is 2.10. The molecule has 0 amide bonds. The van der Waals surface area contributed by atoms with E-state index in [2.05, 4.69) is 0 Å². The Morgan fingerprint density at radius 3 is 2.00 bits per heavy atom. The number of rotatable bonds is 0. The molecule has 0 bridgehead atoms. The van der Waals surface area contributed by atoms with Crippen molar-refractivity contribution in [2.75, 3.05) is 13.1 Å². The van der Waals surface area contributed by atoms with E-state index < -0.39 is 19.0 Å². The smallest absolute Gasteiger partial charge is 0.282 e. The number of nitrogens with one attached hydrogen (secondary N) is 1. The molecule has 6 heteroatoms. The Morgan fingerprint density at radius 1 is 1.50 bits per heavy atom. The summed E-state index contributed by atoms with van der Waals surface area (Å²) in [4.78, 5) is 1.11. The number of nitrogens with two attached hydrogens (primary N) is 1. The predicted octanol–water partition coefficient (Wildman–Crippen LogP) is 0.253. The zero-order valence-corrected chi connectivity index (χ0v) is 5.92. The van der Waals surface area contributed by atoms with E-state index >= 15 is 0 Å². The second kappa shape index (κ2) is 2.57. The lowest BCUT2D eigenvalue weighted by Crippen LogP contribution is -2.60. The molecule has 1 rings (SSSR count). The maximum absolute atomic E-state index is 12.0. The number of hydrogen-bond donors (Lipinski definition) is 2. The summed E-state index contributed by atoms with van der Waals surface area (Å²) < 4.78 is 23.9. The van der Waals surface area contributed by atoms with Gasteiger partial charge in [-0.25, -0.2) is 8.78 Å². The molecule has 1 fully saturated rings. The van der Waals surface area contributed by atoms with Crippen LogP contribution in [0.3, 0.4) is 0 Å². The van der Waals surface area contributed by atoms with Gasteiger partial charge in [-0.15, -0.1) is 12.4 Å². The van der Waals surface area contributed by atoms with Crippen LogP contribution in [-0.2, 0) is 0 Å². The van der Waals surface area contributed by atoms with Crippen LogP contribution in [0.5, 0.6) is 0 Å². The molecule has 3 N–H and O–H groups in total. The minimum absolute atomic E-state index is 0. The maximum Gasteiger partial charge on any atom is 0.282 e.